The summed E-state index contributed by atoms with van der Waals surface area (Å²) in [6, 6.07) is 3.72. The molecule has 1 aromatic rings. The Morgan fingerprint density at radius 3 is 2.39 bits per heavy atom. The van der Waals surface area contributed by atoms with Crippen LogP contribution in [0, 0.1) is 13.8 Å². The number of morpholine rings is 1. The summed E-state index contributed by atoms with van der Waals surface area (Å²) >= 11 is 0. The second kappa shape index (κ2) is 6.21. The van der Waals surface area contributed by atoms with E-state index < -0.39 is 0 Å². The highest BCUT2D eigenvalue weighted by Gasteiger charge is 2.10. The van der Waals surface area contributed by atoms with Crippen LogP contribution in [0.1, 0.15) is 23.1 Å². The van der Waals surface area contributed by atoms with Gasteiger partial charge in [0.25, 0.3) is 0 Å². The summed E-state index contributed by atoms with van der Waals surface area (Å²) in [7, 11) is 0. The molecule has 0 saturated carbocycles. The third kappa shape index (κ3) is 3.47. The minimum Gasteiger partial charge on any atom is -0.508 e. The van der Waals surface area contributed by atoms with Gasteiger partial charge in [0.15, 0.2) is 0 Å². The minimum atomic E-state index is 0.377. The van der Waals surface area contributed by atoms with Crippen LogP contribution >= 0.6 is 0 Å². The van der Waals surface area contributed by atoms with Crippen LogP contribution in [0.2, 0.25) is 0 Å². The molecule has 0 unspecified atom stereocenters. The first-order valence-corrected chi connectivity index (χ1v) is 6.76. The van der Waals surface area contributed by atoms with Gasteiger partial charge in [0, 0.05) is 13.1 Å². The number of benzene rings is 1. The molecular weight excluding hydrogens is 226 g/mol. The Balaban J connectivity index is 1.86. The van der Waals surface area contributed by atoms with Crippen molar-refractivity contribution in [3.63, 3.8) is 0 Å². The fourth-order valence-corrected chi connectivity index (χ4v) is 2.67. The van der Waals surface area contributed by atoms with Crippen molar-refractivity contribution in [2.24, 2.45) is 0 Å². The molecule has 0 bridgehead atoms. The lowest BCUT2D eigenvalue weighted by Gasteiger charge is -2.26. The molecule has 0 radical (unpaired) electrons. The summed E-state index contributed by atoms with van der Waals surface area (Å²) in [5, 5.41) is 9.53. The smallest absolute Gasteiger partial charge is 0.116 e. The molecular formula is C15H23NO2. The lowest BCUT2D eigenvalue weighted by molar-refractivity contribution is 0.0374. The molecule has 3 heteroatoms. The highest BCUT2D eigenvalue weighted by Crippen LogP contribution is 2.22. The first-order valence-electron chi connectivity index (χ1n) is 6.76. The normalized spacial score (nSPS) is 17.0. The lowest BCUT2D eigenvalue weighted by atomic mass is 9.98. The van der Waals surface area contributed by atoms with Crippen molar-refractivity contribution in [3.8, 4) is 5.75 Å². The minimum absolute atomic E-state index is 0.377. The van der Waals surface area contributed by atoms with Crippen LogP contribution in [0.3, 0.4) is 0 Å². The molecule has 18 heavy (non-hydrogen) atoms. The Labute approximate surface area is 109 Å². The third-order valence-electron chi connectivity index (χ3n) is 3.69. The van der Waals surface area contributed by atoms with E-state index in [2.05, 4.69) is 18.7 Å². The number of aryl methyl sites for hydroxylation is 2. The Bertz CT molecular complexity index is 374. The zero-order chi connectivity index (χ0) is 13.0. The van der Waals surface area contributed by atoms with Crippen molar-refractivity contribution in [2.45, 2.75) is 26.7 Å². The molecule has 3 nitrogen and oxygen atoms in total. The highest BCUT2D eigenvalue weighted by molar-refractivity contribution is 5.40. The van der Waals surface area contributed by atoms with Gasteiger partial charge in [0.1, 0.15) is 5.75 Å². The molecule has 1 aromatic carbocycles. The molecule has 0 aromatic heterocycles. The van der Waals surface area contributed by atoms with Crippen LogP contribution in [-0.4, -0.2) is 42.9 Å². The Morgan fingerprint density at radius 1 is 1.17 bits per heavy atom. The predicted molar refractivity (Wildman–Crippen MR) is 73.2 cm³/mol. The van der Waals surface area contributed by atoms with E-state index in [-0.39, 0.29) is 0 Å². The summed E-state index contributed by atoms with van der Waals surface area (Å²) < 4.78 is 5.35. The molecule has 0 aliphatic carbocycles. The van der Waals surface area contributed by atoms with Gasteiger partial charge in [0.2, 0.25) is 0 Å². The standard InChI is InChI=1S/C15H23NO2/c1-12-10-14(17)11-13(2)15(12)4-3-5-16-6-8-18-9-7-16/h10-11,17H,3-9H2,1-2H3. The summed E-state index contributed by atoms with van der Waals surface area (Å²) in [6.07, 6.45) is 2.27. The summed E-state index contributed by atoms with van der Waals surface area (Å²) in [5.41, 5.74) is 3.80. The average molecular weight is 249 g/mol. The molecule has 1 aliphatic rings. The van der Waals surface area contributed by atoms with Crippen LogP contribution in [0.5, 0.6) is 5.75 Å². The number of aromatic hydroxyl groups is 1. The number of phenols is 1. The first kappa shape index (κ1) is 13.4. The topological polar surface area (TPSA) is 32.7 Å². The van der Waals surface area contributed by atoms with Crippen LogP contribution in [0.4, 0.5) is 0 Å². The molecule has 1 N–H and O–H groups in total. The molecule has 0 amide bonds. The molecule has 0 atom stereocenters. The maximum Gasteiger partial charge on any atom is 0.116 e. The van der Waals surface area contributed by atoms with E-state index in [0.29, 0.717) is 5.75 Å². The number of rotatable bonds is 4. The number of ether oxygens (including phenoxy) is 1. The van der Waals surface area contributed by atoms with Gasteiger partial charge < -0.3 is 9.84 Å². The highest BCUT2D eigenvalue weighted by atomic mass is 16.5. The Kier molecular flexibility index (Phi) is 4.61. The number of hydrogen-bond acceptors (Lipinski definition) is 3. The van der Waals surface area contributed by atoms with Crippen molar-refractivity contribution >= 4 is 0 Å². The molecule has 100 valence electrons. The largest absolute Gasteiger partial charge is 0.508 e. The van der Waals surface area contributed by atoms with E-state index in [9.17, 15) is 5.11 Å². The maximum atomic E-state index is 9.53. The quantitative estimate of drug-likeness (QED) is 0.888. The fourth-order valence-electron chi connectivity index (χ4n) is 2.67. The fraction of sp³-hybridized carbons (Fsp3) is 0.600. The summed E-state index contributed by atoms with van der Waals surface area (Å²) in [5.74, 6) is 0.377. The van der Waals surface area contributed by atoms with Crippen molar-refractivity contribution in [1.29, 1.82) is 0 Å². The van der Waals surface area contributed by atoms with E-state index in [1.54, 1.807) is 0 Å². The average Bonchev–Trinajstić information content (AvgIpc) is 2.34. The number of phenolic OH excluding ortho intramolecular Hbond substituents is 1. The zero-order valence-corrected chi connectivity index (χ0v) is 11.4. The first-order chi connectivity index (χ1) is 8.66. The summed E-state index contributed by atoms with van der Waals surface area (Å²) in [6.45, 7) is 9.17. The van der Waals surface area contributed by atoms with Gasteiger partial charge in [-0.15, -0.1) is 0 Å². The second-order valence-corrected chi connectivity index (χ2v) is 5.12. The van der Waals surface area contributed by atoms with Gasteiger partial charge in [-0.1, -0.05) is 0 Å². The second-order valence-electron chi connectivity index (χ2n) is 5.12. The molecule has 1 aliphatic heterocycles. The maximum absolute atomic E-state index is 9.53. The van der Waals surface area contributed by atoms with Crippen molar-refractivity contribution in [2.75, 3.05) is 32.8 Å². The molecule has 0 spiro atoms. The van der Waals surface area contributed by atoms with Gasteiger partial charge in [-0.3, -0.25) is 4.90 Å². The SMILES string of the molecule is Cc1cc(O)cc(C)c1CCCN1CCOCC1. The van der Waals surface area contributed by atoms with Crippen LogP contribution < -0.4 is 0 Å². The molecule has 1 heterocycles. The predicted octanol–water partition coefficient (Wildman–Crippen LogP) is 2.27. The van der Waals surface area contributed by atoms with E-state index in [0.717, 1.165) is 39.3 Å². The van der Waals surface area contributed by atoms with Crippen molar-refractivity contribution in [1.82, 2.24) is 4.90 Å². The lowest BCUT2D eigenvalue weighted by Crippen LogP contribution is -2.37. The monoisotopic (exact) mass is 249 g/mol. The van der Waals surface area contributed by atoms with E-state index >= 15 is 0 Å². The van der Waals surface area contributed by atoms with Gasteiger partial charge in [-0.25, -0.2) is 0 Å². The van der Waals surface area contributed by atoms with Gasteiger partial charge >= 0.3 is 0 Å². The van der Waals surface area contributed by atoms with Crippen LogP contribution in [0.25, 0.3) is 0 Å². The molecule has 2 rings (SSSR count). The van der Waals surface area contributed by atoms with Gasteiger partial charge in [0.05, 0.1) is 13.2 Å². The van der Waals surface area contributed by atoms with Crippen LogP contribution in [-0.2, 0) is 11.2 Å². The Morgan fingerprint density at radius 2 is 1.78 bits per heavy atom. The number of nitrogens with zero attached hydrogens (tertiary/aromatic N) is 1. The van der Waals surface area contributed by atoms with Gasteiger partial charge in [-0.05, 0) is 62.1 Å². The Hall–Kier alpha value is -1.06. The zero-order valence-electron chi connectivity index (χ0n) is 11.4. The molecule has 1 saturated heterocycles. The van der Waals surface area contributed by atoms with Gasteiger partial charge in [-0.2, -0.15) is 0 Å². The van der Waals surface area contributed by atoms with Crippen molar-refractivity contribution in [3.05, 3.63) is 28.8 Å². The third-order valence-corrected chi connectivity index (χ3v) is 3.69. The summed E-state index contributed by atoms with van der Waals surface area (Å²) in [4.78, 5) is 2.47. The molecule has 1 fully saturated rings. The van der Waals surface area contributed by atoms with E-state index in [4.69, 9.17) is 4.74 Å². The van der Waals surface area contributed by atoms with E-state index in [1.807, 2.05) is 12.1 Å². The van der Waals surface area contributed by atoms with Crippen LogP contribution in [0.15, 0.2) is 12.1 Å². The number of hydrogen-bond donors (Lipinski definition) is 1. The van der Waals surface area contributed by atoms with E-state index in [1.165, 1.54) is 23.1 Å². The van der Waals surface area contributed by atoms with Crippen molar-refractivity contribution < 1.29 is 9.84 Å².